The molecule has 3 nitrogen and oxygen atoms in total. The Morgan fingerprint density at radius 2 is 1.90 bits per heavy atom. The second-order valence-electron chi connectivity index (χ2n) is 4.95. The number of hydrogen-bond acceptors (Lipinski definition) is 2. The molecular weight excluding hydrogens is 267 g/mol. The van der Waals surface area contributed by atoms with Crippen molar-refractivity contribution in [3.63, 3.8) is 0 Å². The van der Waals surface area contributed by atoms with Gasteiger partial charge >= 0.3 is 0 Å². The van der Waals surface area contributed by atoms with Crippen molar-refractivity contribution in [2.75, 3.05) is 6.54 Å². The molecule has 110 valence electrons. The van der Waals surface area contributed by atoms with E-state index in [9.17, 15) is 9.18 Å². The summed E-state index contributed by atoms with van der Waals surface area (Å²) in [5.74, 6) is -0.354. The van der Waals surface area contributed by atoms with Gasteiger partial charge in [0.15, 0.2) is 0 Å². The molecule has 0 heterocycles. The molecule has 0 aliphatic carbocycles. The Morgan fingerprint density at radius 3 is 2.62 bits per heavy atom. The van der Waals surface area contributed by atoms with Gasteiger partial charge < -0.3 is 11.1 Å². The molecular formula is C17H19FN2O. The van der Waals surface area contributed by atoms with E-state index in [0.29, 0.717) is 13.0 Å². The van der Waals surface area contributed by atoms with Gasteiger partial charge in [-0.1, -0.05) is 42.5 Å². The van der Waals surface area contributed by atoms with Gasteiger partial charge in [0.2, 0.25) is 5.91 Å². The number of benzene rings is 2. The smallest absolute Gasteiger partial charge is 0.221 e. The molecule has 0 fully saturated rings. The van der Waals surface area contributed by atoms with E-state index in [0.717, 1.165) is 11.1 Å². The summed E-state index contributed by atoms with van der Waals surface area (Å²) in [7, 11) is 0. The van der Waals surface area contributed by atoms with E-state index in [1.54, 1.807) is 6.07 Å². The fraction of sp³-hybridized carbons (Fsp3) is 0.235. The van der Waals surface area contributed by atoms with Gasteiger partial charge in [0.1, 0.15) is 5.82 Å². The highest BCUT2D eigenvalue weighted by molar-refractivity contribution is 5.76. The zero-order valence-electron chi connectivity index (χ0n) is 11.8. The lowest BCUT2D eigenvalue weighted by Crippen LogP contribution is -2.29. The summed E-state index contributed by atoms with van der Waals surface area (Å²) >= 11 is 0. The number of carbonyl (C=O) groups excluding carboxylic acids is 1. The minimum absolute atomic E-state index is 0.0947. The summed E-state index contributed by atoms with van der Waals surface area (Å²) in [6, 6.07) is 15.6. The third-order valence-electron chi connectivity index (χ3n) is 3.26. The topological polar surface area (TPSA) is 55.1 Å². The minimum Gasteiger partial charge on any atom is -0.356 e. The molecule has 0 radical (unpaired) electrons. The largest absolute Gasteiger partial charge is 0.356 e. The standard InChI is InChI=1S/C17H19FN2O/c18-15-8-4-5-13(11-15)9-10-20-17(21)12-16(19)14-6-2-1-3-7-14/h1-8,11,16H,9-10,12,19H2,(H,20,21). The van der Waals surface area contributed by atoms with Crippen LogP contribution in [-0.4, -0.2) is 12.5 Å². The van der Waals surface area contributed by atoms with E-state index in [4.69, 9.17) is 5.73 Å². The molecule has 0 spiro atoms. The van der Waals surface area contributed by atoms with Gasteiger partial charge in [-0.2, -0.15) is 0 Å². The summed E-state index contributed by atoms with van der Waals surface area (Å²) in [4.78, 5) is 11.8. The van der Waals surface area contributed by atoms with Gasteiger partial charge in [0, 0.05) is 19.0 Å². The van der Waals surface area contributed by atoms with Gasteiger partial charge in [-0.3, -0.25) is 4.79 Å². The van der Waals surface area contributed by atoms with Gasteiger partial charge in [-0.25, -0.2) is 4.39 Å². The third kappa shape index (κ3) is 5.00. The second-order valence-corrected chi connectivity index (χ2v) is 4.95. The first-order valence-corrected chi connectivity index (χ1v) is 6.97. The Bertz CT molecular complexity index is 586. The van der Waals surface area contributed by atoms with E-state index in [1.807, 2.05) is 36.4 Å². The van der Waals surface area contributed by atoms with Crippen LogP contribution >= 0.6 is 0 Å². The molecule has 0 aliphatic heterocycles. The number of carbonyl (C=O) groups is 1. The average molecular weight is 286 g/mol. The Kier molecular flexibility index (Phi) is 5.46. The van der Waals surface area contributed by atoms with Crippen molar-refractivity contribution < 1.29 is 9.18 Å². The summed E-state index contributed by atoms with van der Waals surface area (Å²) in [6.07, 6.45) is 0.844. The molecule has 1 atom stereocenters. The van der Waals surface area contributed by atoms with Crippen LogP contribution in [-0.2, 0) is 11.2 Å². The molecule has 1 amide bonds. The van der Waals surface area contributed by atoms with Crippen LogP contribution in [0.5, 0.6) is 0 Å². The van der Waals surface area contributed by atoms with Crippen LogP contribution in [0.1, 0.15) is 23.6 Å². The number of hydrogen-bond donors (Lipinski definition) is 2. The SMILES string of the molecule is NC(CC(=O)NCCc1cccc(F)c1)c1ccccc1. The van der Waals surface area contributed by atoms with Crippen LogP contribution < -0.4 is 11.1 Å². The van der Waals surface area contributed by atoms with Crippen molar-refractivity contribution in [3.8, 4) is 0 Å². The maximum atomic E-state index is 13.0. The van der Waals surface area contributed by atoms with E-state index in [-0.39, 0.29) is 24.2 Å². The molecule has 0 bridgehead atoms. The quantitative estimate of drug-likeness (QED) is 0.857. The van der Waals surface area contributed by atoms with Crippen molar-refractivity contribution in [1.82, 2.24) is 5.32 Å². The van der Waals surface area contributed by atoms with Crippen LogP contribution in [0.4, 0.5) is 4.39 Å². The van der Waals surface area contributed by atoms with Crippen LogP contribution in [0.3, 0.4) is 0 Å². The van der Waals surface area contributed by atoms with Crippen LogP contribution in [0.2, 0.25) is 0 Å². The molecule has 1 unspecified atom stereocenters. The van der Waals surface area contributed by atoms with Crippen molar-refractivity contribution in [2.24, 2.45) is 5.73 Å². The lowest BCUT2D eigenvalue weighted by Gasteiger charge is -2.12. The van der Waals surface area contributed by atoms with Crippen molar-refractivity contribution in [3.05, 3.63) is 71.5 Å². The maximum Gasteiger partial charge on any atom is 0.221 e. The Balaban J connectivity index is 1.75. The van der Waals surface area contributed by atoms with Gasteiger partial charge in [-0.05, 0) is 29.7 Å². The Morgan fingerprint density at radius 1 is 1.14 bits per heavy atom. The first kappa shape index (κ1) is 15.2. The highest BCUT2D eigenvalue weighted by atomic mass is 19.1. The predicted octanol–water partition coefficient (Wildman–Crippen LogP) is 2.57. The first-order valence-electron chi connectivity index (χ1n) is 6.97. The van der Waals surface area contributed by atoms with Crippen LogP contribution in [0.25, 0.3) is 0 Å². The molecule has 2 aromatic carbocycles. The number of amides is 1. The molecule has 3 N–H and O–H groups in total. The number of nitrogens with two attached hydrogens (primary N) is 1. The average Bonchev–Trinajstić information content (AvgIpc) is 2.48. The predicted molar refractivity (Wildman–Crippen MR) is 81.1 cm³/mol. The van der Waals surface area contributed by atoms with Crippen molar-refractivity contribution in [2.45, 2.75) is 18.9 Å². The van der Waals surface area contributed by atoms with E-state index >= 15 is 0 Å². The molecule has 2 aromatic rings. The molecule has 0 saturated carbocycles. The maximum absolute atomic E-state index is 13.0. The van der Waals surface area contributed by atoms with Crippen LogP contribution in [0, 0.1) is 5.82 Å². The Hall–Kier alpha value is -2.20. The number of halogens is 1. The van der Waals surface area contributed by atoms with Gasteiger partial charge in [0.25, 0.3) is 0 Å². The number of nitrogens with one attached hydrogen (secondary N) is 1. The molecule has 0 aliphatic rings. The molecule has 0 aromatic heterocycles. The van der Waals surface area contributed by atoms with E-state index in [1.165, 1.54) is 12.1 Å². The zero-order chi connectivity index (χ0) is 15.1. The minimum atomic E-state index is -0.305. The highest BCUT2D eigenvalue weighted by Crippen LogP contribution is 2.12. The molecule has 21 heavy (non-hydrogen) atoms. The van der Waals surface area contributed by atoms with E-state index < -0.39 is 0 Å². The van der Waals surface area contributed by atoms with Gasteiger partial charge in [0.05, 0.1) is 0 Å². The van der Waals surface area contributed by atoms with Gasteiger partial charge in [-0.15, -0.1) is 0 Å². The van der Waals surface area contributed by atoms with Crippen molar-refractivity contribution >= 4 is 5.91 Å². The summed E-state index contributed by atoms with van der Waals surface area (Å²) in [6.45, 7) is 0.476. The van der Waals surface area contributed by atoms with E-state index in [2.05, 4.69) is 5.32 Å². The zero-order valence-corrected chi connectivity index (χ0v) is 11.8. The summed E-state index contributed by atoms with van der Waals surface area (Å²) in [5, 5.41) is 2.81. The first-order chi connectivity index (χ1) is 10.1. The second kappa shape index (κ2) is 7.55. The van der Waals surface area contributed by atoms with Crippen LogP contribution in [0.15, 0.2) is 54.6 Å². The summed E-state index contributed by atoms with van der Waals surface area (Å²) in [5.41, 5.74) is 7.79. The van der Waals surface area contributed by atoms with Crippen molar-refractivity contribution in [1.29, 1.82) is 0 Å². The summed E-state index contributed by atoms with van der Waals surface area (Å²) < 4.78 is 13.0. The fourth-order valence-electron chi connectivity index (χ4n) is 2.13. The highest BCUT2D eigenvalue weighted by Gasteiger charge is 2.10. The molecule has 2 rings (SSSR count). The molecule has 4 heteroatoms. The Labute approximate surface area is 124 Å². The fourth-order valence-corrected chi connectivity index (χ4v) is 2.13. The normalized spacial score (nSPS) is 11.9. The third-order valence-corrected chi connectivity index (χ3v) is 3.26. The molecule has 0 saturated heterocycles. The number of rotatable bonds is 6. The monoisotopic (exact) mass is 286 g/mol. The lowest BCUT2D eigenvalue weighted by molar-refractivity contribution is -0.121. The lowest BCUT2D eigenvalue weighted by atomic mass is 10.0.